The monoisotopic (exact) mass is 292 g/mol. The minimum Gasteiger partial charge on any atom is -0.497 e. The van der Waals surface area contributed by atoms with Gasteiger partial charge < -0.3 is 14.4 Å². The van der Waals surface area contributed by atoms with Crippen LogP contribution < -0.4 is 9.47 Å². The molecule has 0 aliphatic carbocycles. The van der Waals surface area contributed by atoms with Gasteiger partial charge in [0.1, 0.15) is 18.1 Å². The third kappa shape index (κ3) is 4.11. The van der Waals surface area contributed by atoms with Crippen LogP contribution in [0.4, 0.5) is 0 Å². The highest BCUT2D eigenvalue weighted by atomic mass is 16.5. The molecule has 1 heterocycles. The predicted octanol–water partition coefficient (Wildman–Crippen LogP) is 1.63. The lowest BCUT2D eigenvalue weighted by Crippen LogP contribution is -2.44. The average Bonchev–Trinajstić information content (AvgIpc) is 2.95. The third-order valence-electron chi connectivity index (χ3n) is 3.80. The second-order valence-electron chi connectivity index (χ2n) is 5.45. The van der Waals surface area contributed by atoms with Gasteiger partial charge in [0.15, 0.2) is 0 Å². The number of carbonyl (C=O) groups excluding carboxylic acids is 1. The van der Waals surface area contributed by atoms with Crippen LogP contribution in [0, 0.1) is 0 Å². The smallest absolute Gasteiger partial charge is 0.239 e. The van der Waals surface area contributed by atoms with Crippen molar-refractivity contribution in [3.63, 3.8) is 0 Å². The fraction of sp³-hybridized carbons (Fsp3) is 0.562. The van der Waals surface area contributed by atoms with Crippen LogP contribution in [0.5, 0.6) is 11.5 Å². The molecule has 0 aromatic heterocycles. The van der Waals surface area contributed by atoms with E-state index in [1.54, 1.807) is 12.0 Å². The molecule has 0 spiro atoms. The van der Waals surface area contributed by atoms with Crippen molar-refractivity contribution < 1.29 is 14.3 Å². The molecular formula is C16H24N2O3. The van der Waals surface area contributed by atoms with Crippen molar-refractivity contribution in [1.82, 2.24) is 9.80 Å². The Balaban J connectivity index is 1.80. The van der Waals surface area contributed by atoms with Gasteiger partial charge in [-0.1, -0.05) is 0 Å². The van der Waals surface area contributed by atoms with Crippen LogP contribution in [0.2, 0.25) is 0 Å². The largest absolute Gasteiger partial charge is 0.497 e. The molecule has 1 atom stereocenters. The maximum atomic E-state index is 12.1. The maximum Gasteiger partial charge on any atom is 0.239 e. The van der Waals surface area contributed by atoms with Crippen molar-refractivity contribution in [2.24, 2.45) is 0 Å². The topological polar surface area (TPSA) is 42.0 Å². The molecule has 0 radical (unpaired) electrons. The Hall–Kier alpha value is -1.75. The summed E-state index contributed by atoms with van der Waals surface area (Å²) in [7, 11) is 5.27. The first-order chi connectivity index (χ1) is 10.1. The molecule has 0 bridgehead atoms. The minimum atomic E-state index is 0.0134. The van der Waals surface area contributed by atoms with Gasteiger partial charge in [-0.3, -0.25) is 9.69 Å². The molecule has 5 nitrogen and oxygen atoms in total. The summed E-state index contributed by atoms with van der Waals surface area (Å²) in [6.07, 6.45) is 2.02. The summed E-state index contributed by atoms with van der Waals surface area (Å²) >= 11 is 0. The highest BCUT2D eigenvalue weighted by Crippen LogP contribution is 2.20. The Labute approximate surface area is 126 Å². The number of carbonyl (C=O) groups is 1. The summed E-state index contributed by atoms with van der Waals surface area (Å²) in [5.74, 6) is 1.83. The van der Waals surface area contributed by atoms with E-state index in [0.717, 1.165) is 37.4 Å². The van der Waals surface area contributed by atoms with E-state index >= 15 is 0 Å². The summed E-state index contributed by atoms with van der Waals surface area (Å²) in [6, 6.07) is 7.56. The van der Waals surface area contributed by atoms with Crippen molar-refractivity contribution in [3.8, 4) is 11.5 Å². The van der Waals surface area contributed by atoms with E-state index in [2.05, 4.69) is 4.90 Å². The molecule has 1 aliphatic heterocycles. The standard InChI is InChI=1S/C16H24N2O3/c1-17(2)16(19)15-5-4-10-18(15)11-12-21-14-8-6-13(20-3)7-9-14/h6-9,15H,4-5,10-12H2,1-3H3. The minimum absolute atomic E-state index is 0.0134. The molecule has 2 rings (SSSR count). The van der Waals surface area contributed by atoms with Crippen molar-refractivity contribution in [2.45, 2.75) is 18.9 Å². The molecule has 0 saturated carbocycles. The molecule has 21 heavy (non-hydrogen) atoms. The number of likely N-dealkylation sites (tertiary alicyclic amines) is 1. The Morgan fingerprint density at radius 1 is 1.29 bits per heavy atom. The van der Waals surface area contributed by atoms with Gasteiger partial charge in [0.05, 0.1) is 13.2 Å². The summed E-state index contributed by atoms with van der Waals surface area (Å²) in [6.45, 7) is 2.33. The first-order valence-corrected chi connectivity index (χ1v) is 7.34. The molecule has 5 heteroatoms. The fourth-order valence-corrected chi connectivity index (χ4v) is 2.62. The molecule has 1 aromatic rings. The van der Waals surface area contributed by atoms with Gasteiger partial charge in [-0.05, 0) is 43.7 Å². The normalized spacial score (nSPS) is 18.5. The number of nitrogens with zero attached hydrogens (tertiary/aromatic N) is 2. The van der Waals surface area contributed by atoms with E-state index < -0.39 is 0 Å². The molecular weight excluding hydrogens is 268 g/mol. The predicted molar refractivity (Wildman–Crippen MR) is 81.8 cm³/mol. The Bertz CT molecular complexity index is 459. The molecule has 1 unspecified atom stereocenters. The Morgan fingerprint density at radius 2 is 1.95 bits per heavy atom. The zero-order valence-electron chi connectivity index (χ0n) is 13.0. The highest BCUT2D eigenvalue weighted by Gasteiger charge is 2.31. The summed E-state index contributed by atoms with van der Waals surface area (Å²) < 4.78 is 10.8. The number of hydrogen-bond donors (Lipinski definition) is 0. The first-order valence-electron chi connectivity index (χ1n) is 7.34. The molecule has 0 N–H and O–H groups in total. The van der Waals surface area contributed by atoms with Crippen molar-refractivity contribution in [1.29, 1.82) is 0 Å². The number of hydrogen-bond acceptors (Lipinski definition) is 4. The quantitative estimate of drug-likeness (QED) is 0.799. The van der Waals surface area contributed by atoms with Crippen LogP contribution in [-0.2, 0) is 4.79 Å². The summed E-state index contributed by atoms with van der Waals surface area (Å²) in [5.41, 5.74) is 0. The zero-order chi connectivity index (χ0) is 15.2. The Morgan fingerprint density at radius 3 is 2.57 bits per heavy atom. The van der Waals surface area contributed by atoms with Gasteiger partial charge in [0.2, 0.25) is 5.91 Å². The van der Waals surface area contributed by atoms with Gasteiger partial charge in [0, 0.05) is 20.6 Å². The Kier molecular flexibility index (Phi) is 5.44. The van der Waals surface area contributed by atoms with Crippen LogP contribution in [0.3, 0.4) is 0 Å². The average molecular weight is 292 g/mol. The van der Waals surface area contributed by atoms with E-state index in [1.807, 2.05) is 38.4 Å². The molecule has 1 saturated heterocycles. The van der Waals surface area contributed by atoms with Crippen LogP contribution in [0.1, 0.15) is 12.8 Å². The maximum absolute atomic E-state index is 12.1. The number of methoxy groups -OCH3 is 1. The molecule has 116 valence electrons. The lowest BCUT2D eigenvalue weighted by molar-refractivity contribution is -0.133. The van der Waals surface area contributed by atoms with Crippen molar-refractivity contribution in [2.75, 3.05) is 40.9 Å². The number of benzene rings is 1. The zero-order valence-corrected chi connectivity index (χ0v) is 13.0. The summed E-state index contributed by atoms with van der Waals surface area (Å²) in [5, 5.41) is 0. The summed E-state index contributed by atoms with van der Waals surface area (Å²) in [4.78, 5) is 16.0. The highest BCUT2D eigenvalue weighted by molar-refractivity contribution is 5.81. The molecule has 1 amide bonds. The van der Waals surface area contributed by atoms with E-state index in [-0.39, 0.29) is 11.9 Å². The SMILES string of the molecule is COc1ccc(OCCN2CCCC2C(=O)N(C)C)cc1. The van der Waals surface area contributed by atoms with Gasteiger partial charge in [0.25, 0.3) is 0 Å². The van der Waals surface area contributed by atoms with Crippen LogP contribution in [0.15, 0.2) is 24.3 Å². The van der Waals surface area contributed by atoms with Gasteiger partial charge in [-0.15, -0.1) is 0 Å². The molecule has 1 aromatic carbocycles. The van der Waals surface area contributed by atoms with E-state index in [1.165, 1.54) is 0 Å². The molecule has 1 aliphatic rings. The van der Waals surface area contributed by atoms with E-state index in [9.17, 15) is 4.79 Å². The number of rotatable bonds is 6. The lowest BCUT2D eigenvalue weighted by atomic mass is 10.2. The van der Waals surface area contributed by atoms with Crippen LogP contribution in [-0.4, -0.2) is 62.7 Å². The second-order valence-corrected chi connectivity index (χ2v) is 5.45. The van der Waals surface area contributed by atoms with Gasteiger partial charge in [-0.2, -0.15) is 0 Å². The lowest BCUT2D eigenvalue weighted by Gasteiger charge is -2.25. The fourth-order valence-electron chi connectivity index (χ4n) is 2.62. The van der Waals surface area contributed by atoms with Crippen LogP contribution in [0.25, 0.3) is 0 Å². The van der Waals surface area contributed by atoms with Crippen molar-refractivity contribution >= 4 is 5.91 Å². The van der Waals surface area contributed by atoms with E-state index in [0.29, 0.717) is 6.61 Å². The number of ether oxygens (including phenoxy) is 2. The van der Waals surface area contributed by atoms with Gasteiger partial charge >= 0.3 is 0 Å². The van der Waals surface area contributed by atoms with E-state index in [4.69, 9.17) is 9.47 Å². The third-order valence-corrected chi connectivity index (χ3v) is 3.80. The van der Waals surface area contributed by atoms with Crippen LogP contribution >= 0.6 is 0 Å². The van der Waals surface area contributed by atoms with Gasteiger partial charge in [-0.25, -0.2) is 0 Å². The first kappa shape index (κ1) is 15.6. The van der Waals surface area contributed by atoms with Crippen molar-refractivity contribution in [3.05, 3.63) is 24.3 Å². The molecule has 1 fully saturated rings. The number of likely N-dealkylation sites (N-methyl/N-ethyl adjacent to an activating group) is 1. The second kappa shape index (κ2) is 7.31. The number of amides is 1.